The number of rotatable bonds is 22. The van der Waals surface area contributed by atoms with E-state index in [2.05, 4.69) is 31.9 Å². The van der Waals surface area contributed by atoms with Crippen LogP contribution in [0.4, 0.5) is 0 Å². The van der Waals surface area contributed by atoms with Gasteiger partial charge in [-0.1, -0.05) is 27.7 Å². The van der Waals surface area contributed by atoms with E-state index in [9.17, 15) is 59.1 Å². The average Bonchev–Trinajstić information content (AvgIpc) is 3.00. The Labute approximate surface area is 290 Å². The molecule has 288 valence electrons. The topological polar surface area (TPSA) is 339 Å². The van der Waals surface area contributed by atoms with Gasteiger partial charge in [-0.05, 0) is 45.4 Å². The minimum Gasteiger partial charge on any atom is -0.480 e. The largest absolute Gasteiger partial charge is 0.480 e. The normalized spacial score (nSPS) is 17.4. The van der Waals surface area contributed by atoms with Gasteiger partial charge in [0.05, 0.1) is 31.5 Å². The third-order valence-corrected chi connectivity index (χ3v) is 7.20. The van der Waals surface area contributed by atoms with Crippen molar-refractivity contribution in [2.24, 2.45) is 17.6 Å². The van der Waals surface area contributed by atoms with E-state index in [-0.39, 0.29) is 24.7 Å². The summed E-state index contributed by atoms with van der Waals surface area (Å²) >= 11 is 0. The molecular formula is C30H55N7O13. The van der Waals surface area contributed by atoms with Crippen LogP contribution in [0, 0.1) is 11.8 Å². The summed E-state index contributed by atoms with van der Waals surface area (Å²) in [6.45, 7) is 8.52. The van der Waals surface area contributed by atoms with Crippen molar-refractivity contribution in [2.75, 3.05) is 13.2 Å². The van der Waals surface area contributed by atoms with Crippen LogP contribution in [0.3, 0.4) is 0 Å². The number of nitrogens with two attached hydrogens (primary N) is 1. The molecule has 0 heterocycles. The van der Waals surface area contributed by atoms with Crippen LogP contribution in [0.1, 0.15) is 61.3 Å². The molecule has 0 spiro atoms. The summed E-state index contributed by atoms with van der Waals surface area (Å²) in [4.78, 5) is 89.0. The van der Waals surface area contributed by atoms with Crippen molar-refractivity contribution in [1.82, 2.24) is 31.9 Å². The maximum Gasteiger partial charge on any atom is 0.326 e. The summed E-state index contributed by atoms with van der Waals surface area (Å²) in [6, 6.07) is -11.0. The Hall–Kier alpha value is -3.95. The number of carbonyl (C=O) groups is 7. The van der Waals surface area contributed by atoms with Crippen LogP contribution in [0.25, 0.3) is 0 Å². The number of hydrogen-bond acceptors (Lipinski definition) is 13. The maximum absolute atomic E-state index is 13.2. The van der Waals surface area contributed by atoms with Gasteiger partial charge in [-0.15, -0.1) is 0 Å². The lowest BCUT2D eigenvalue weighted by molar-refractivity contribution is -0.143. The van der Waals surface area contributed by atoms with Crippen LogP contribution >= 0.6 is 0 Å². The van der Waals surface area contributed by atoms with E-state index in [1.165, 1.54) is 0 Å². The predicted octanol–water partition coefficient (Wildman–Crippen LogP) is -5.47. The molecule has 0 aliphatic rings. The number of aliphatic hydroxyl groups excluding tert-OH is 5. The van der Waals surface area contributed by atoms with Crippen molar-refractivity contribution in [1.29, 1.82) is 0 Å². The number of aliphatic carboxylic acids is 1. The van der Waals surface area contributed by atoms with Crippen molar-refractivity contribution in [3.8, 4) is 0 Å². The summed E-state index contributed by atoms with van der Waals surface area (Å²) in [5, 5.41) is 72.4. The number of carbonyl (C=O) groups excluding carboxylic acids is 6. The lowest BCUT2D eigenvalue weighted by Gasteiger charge is -2.29. The van der Waals surface area contributed by atoms with Gasteiger partial charge in [0.25, 0.3) is 0 Å². The highest BCUT2D eigenvalue weighted by Crippen LogP contribution is 2.09. The number of aliphatic hydroxyl groups is 5. The third-order valence-electron chi connectivity index (χ3n) is 7.20. The highest BCUT2D eigenvalue weighted by molar-refractivity contribution is 5.97. The zero-order valence-electron chi connectivity index (χ0n) is 29.4. The van der Waals surface area contributed by atoms with E-state index in [1.54, 1.807) is 27.7 Å². The molecule has 0 fully saturated rings. The SMILES string of the molecule is CC(C)C[C@H](NC(=O)[C@@H](NC(=O)[C@H](CO)NC(=O)[C@@H](NC(=O)[C@@H](NC(=O)[C@H](CC(C)C)NC(=O)[C@@H](N)CO)[C@@H](C)O)[C@@H](C)O)[C@@H](C)O)C(=O)O. The quantitative estimate of drug-likeness (QED) is 0.0496. The van der Waals surface area contributed by atoms with Gasteiger partial charge in [0.2, 0.25) is 35.4 Å². The van der Waals surface area contributed by atoms with Crippen LogP contribution in [-0.2, 0) is 33.6 Å². The van der Waals surface area contributed by atoms with Crippen molar-refractivity contribution in [3.63, 3.8) is 0 Å². The van der Waals surface area contributed by atoms with Gasteiger partial charge in [0.15, 0.2) is 0 Å². The predicted molar refractivity (Wildman–Crippen MR) is 175 cm³/mol. The third kappa shape index (κ3) is 15.7. The second-order valence-corrected chi connectivity index (χ2v) is 12.9. The first kappa shape index (κ1) is 46.0. The molecule has 14 N–H and O–H groups in total. The number of amides is 6. The summed E-state index contributed by atoms with van der Waals surface area (Å²) in [5.74, 6) is -8.03. The van der Waals surface area contributed by atoms with Crippen LogP contribution in [-0.4, -0.2) is 146 Å². The fourth-order valence-electron chi connectivity index (χ4n) is 4.44. The van der Waals surface area contributed by atoms with Gasteiger partial charge in [0.1, 0.15) is 42.3 Å². The van der Waals surface area contributed by atoms with E-state index in [0.717, 1.165) is 20.8 Å². The lowest BCUT2D eigenvalue weighted by atomic mass is 10.0. The Morgan fingerprint density at radius 2 is 0.800 bits per heavy atom. The fourth-order valence-corrected chi connectivity index (χ4v) is 4.44. The number of hydrogen-bond donors (Lipinski definition) is 13. The van der Waals surface area contributed by atoms with Crippen molar-refractivity contribution < 1.29 is 64.2 Å². The Morgan fingerprint density at radius 1 is 0.480 bits per heavy atom. The van der Waals surface area contributed by atoms with Gasteiger partial charge >= 0.3 is 5.97 Å². The molecule has 10 atom stereocenters. The molecule has 0 saturated heterocycles. The first-order chi connectivity index (χ1) is 23.1. The number of carboxylic acids is 1. The van der Waals surface area contributed by atoms with E-state index in [4.69, 9.17) is 10.8 Å². The highest BCUT2D eigenvalue weighted by atomic mass is 16.4. The van der Waals surface area contributed by atoms with Gasteiger partial charge in [-0.2, -0.15) is 0 Å². The molecule has 0 aliphatic carbocycles. The highest BCUT2D eigenvalue weighted by Gasteiger charge is 2.37. The van der Waals surface area contributed by atoms with Crippen molar-refractivity contribution in [3.05, 3.63) is 0 Å². The summed E-state index contributed by atoms with van der Waals surface area (Å²) in [6.07, 6.45) is -4.67. The van der Waals surface area contributed by atoms with Crippen LogP contribution < -0.4 is 37.6 Å². The van der Waals surface area contributed by atoms with E-state index >= 15 is 0 Å². The molecule has 20 heteroatoms. The molecule has 0 bridgehead atoms. The van der Waals surface area contributed by atoms with E-state index in [1.807, 2.05) is 0 Å². The second-order valence-electron chi connectivity index (χ2n) is 12.9. The zero-order chi connectivity index (χ0) is 39.0. The first-order valence-electron chi connectivity index (χ1n) is 16.1. The second kappa shape index (κ2) is 22.0. The van der Waals surface area contributed by atoms with Crippen molar-refractivity contribution in [2.45, 2.75) is 122 Å². The number of nitrogens with one attached hydrogen (secondary N) is 6. The molecule has 0 rings (SSSR count). The van der Waals surface area contributed by atoms with Crippen molar-refractivity contribution >= 4 is 41.4 Å². The molecule has 50 heavy (non-hydrogen) atoms. The maximum atomic E-state index is 13.2. The van der Waals surface area contributed by atoms with Crippen LogP contribution in [0.5, 0.6) is 0 Å². The molecule has 0 saturated carbocycles. The van der Waals surface area contributed by atoms with Gasteiger partial charge in [0, 0.05) is 0 Å². The van der Waals surface area contributed by atoms with Crippen LogP contribution in [0.2, 0.25) is 0 Å². The molecule has 6 amide bonds. The molecule has 0 aromatic rings. The fraction of sp³-hybridized carbons (Fsp3) is 0.767. The minimum absolute atomic E-state index is 0.0390. The number of carboxylic acid groups (broad SMARTS) is 1. The van der Waals surface area contributed by atoms with Gasteiger partial charge < -0.3 is 68.3 Å². The Morgan fingerprint density at radius 3 is 1.14 bits per heavy atom. The molecule has 0 radical (unpaired) electrons. The van der Waals surface area contributed by atoms with Gasteiger partial charge in [-0.3, -0.25) is 28.8 Å². The van der Waals surface area contributed by atoms with Gasteiger partial charge in [-0.25, -0.2) is 4.79 Å². The minimum atomic E-state index is -1.83. The zero-order valence-corrected chi connectivity index (χ0v) is 29.4. The molecule has 0 aromatic heterocycles. The molecule has 0 unspecified atom stereocenters. The average molecular weight is 722 g/mol. The van der Waals surface area contributed by atoms with E-state index < -0.39 is 115 Å². The monoisotopic (exact) mass is 721 g/mol. The standard InChI is InChI=1S/C30H55N7O13/c1-12(2)8-18(32-24(43)17(31)10-38)25(44)35-23(16(7)42)29(48)37-22(15(6)41)28(47)34-20(11-39)26(45)36-21(14(5)40)27(46)33-19(30(49)50)9-13(3)4/h12-23,38-42H,8-11,31H2,1-7H3,(H,32,43)(H,33,46)(H,34,47)(H,35,44)(H,36,45)(H,37,48)(H,49,50)/t14-,15-,16-,17+,18+,19+,20+,21+,22+,23+/m1/s1. The summed E-state index contributed by atoms with van der Waals surface area (Å²) < 4.78 is 0. The van der Waals surface area contributed by atoms with E-state index in [0.29, 0.717) is 0 Å². The Balaban J connectivity index is 5.88. The summed E-state index contributed by atoms with van der Waals surface area (Å²) in [7, 11) is 0. The first-order valence-corrected chi connectivity index (χ1v) is 16.1. The molecular weight excluding hydrogens is 666 g/mol. The van der Waals surface area contributed by atoms with Crippen LogP contribution in [0.15, 0.2) is 0 Å². The Bertz CT molecular complexity index is 1170. The summed E-state index contributed by atoms with van der Waals surface area (Å²) in [5.41, 5.74) is 5.51. The smallest absolute Gasteiger partial charge is 0.326 e. The Kier molecular flexibility index (Phi) is 20.3. The lowest BCUT2D eigenvalue weighted by Crippen LogP contribution is -2.64. The molecule has 20 nitrogen and oxygen atoms in total. The molecule has 0 aliphatic heterocycles. The molecule has 0 aromatic carbocycles.